The van der Waals surface area contributed by atoms with Gasteiger partial charge in [-0.05, 0) is 37.1 Å². The first kappa shape index (κ1) is 16.8. The average molecular weight is 371 g/mol. The molecule has 26 heavy (non-hydrogen) atoms. The zero-order chi connectivity index (χ0) is 17.9. The highest BCUT2D eigenvalue weighted by Crippen LogP contribution is 2.24. The van der Waals surface area contributed by atoms with Crippen molar-refractivity contribution in [2.45, 2.75) is 32.1 Å². The zero-order valence-electron chi connectivity index (χ0n) is 14.2. The normalized spacial score (nSPS) is 15.1. The van der Waals surface area contributed by atoms with Crippen LogP contribution in [-0.2, 0) is 4.79 Å². The first-order chi connectivity index (χ1) is 12.7. The van der Waals surface area contributed by atoms with E-state index in [9.17, 15) is 4.79 Å². The van der Waals surface area contributed by atoms with Crippen LogP contribution in [-0.4, -0.2) is 25.7 Å². The van der Waals surface area contributed by atoms with Gasteiger partial charge in [0.2, 0.25) is 5.91 Å². The number of hydrogen-bond donors (Lipinski definition) is 2. The van der Waals surface area contributed by atoms with E-state index in [1.54, 1.807) is 23.0 Å². The van der Waals surface area contributed by atoms with E-state index in [0.29, 0.717) is 16.5 Å². The van der Waals surface area contributed by atoms with Crippen LogP contribution in [0.5, 0.6) is 0 Å². The zero-order valence-corrected chi connectivity index (χ0v) is 14.9. The molecule has 8 heteroatoms. The average Bonchev–Trinajstić information content (AvgIpc) is 3.12. The van der Waals surface area contributed by atoms with Crippen molar-refractivity contribution in [2.75, 3.05) is 5.43 Å². The van der Waals surface area contributed by atoms with Crippen LogP contribution in [0.3, 0.4) is 0 Å². The van der Waals surface area contributed by atoms with Crippen LogP contribution in [0.25, 0.3) is 16.7 Å². The fourth-order valence-electron chi connectivity index (χ4n) is 3.30. The number of halogens is 1. The molecule has 3 aromatic rings. The fraction of sp³-hybridized carbons (Fsp3) is 0.333. The largest absolute Gasteiger partial charge is 0.281 e. The molecule has 1 fully saturated rings. The Kier molecular flexibility index (Phi) is 4.71. The van der Waals surface area contributed by atoms with Gasteiger partial charge in [0.05, 0.1) is 17.3 Å². The van der Waals surface area contributed by atoms with Crippen LogP contribution in [0.1, 0.15) is 32.1 Å². The Morgan fingerprint density at radius 1 is 1.12 bits per heavy atom. The Morgan fingerprint density at radius 3 is 2.65 bits per heavy atom. The Hall–Kier alpha value is -2.67. The van der Waals surface area contributed by atoms with Gasteiger partial charge in [-0.3, -0.25) is 15.6 Å². The molecule has 1 aliphatic carbocycles. The lowest BCUT2D eigenvalue weighted by Gasteiger charge is -2.21. The molecule has 2 N–H and O–H groups in total. The van der Waals surface area contributed by atoms with Crippen molar-refractivity contribution in [2.24, 2.45) is 5.92 Å². The predicted molar refractivity (Wildman–Crippen MR) is 100 cm³/mol. The van der Waals surface area contributed by atoms with Crippen molar-refractivity contribution in [3.05, 3.63) is 41.8 Å². The number of hydrazine groups is 1. The van der Waals surface area contributed by atoms with Gasteiger partial charge in [0, 0.05) is 10.9 Å². The molecule has 7 nitrogen and oxygen atoms in total. The van der Waals surface area contributed by atoms with E-state index in [1.807, 2.05) is 12.1 Å². The quantitative estimate of drug-likeness (QED) is 0.687. The second kappa shape index (κ2) is 7.29. The molecular formula is C18H19ClN6O. The van der Waals surface area contributed by atoms with Crippen LogP contribution in [0, 0.1) is 5.92 Å². The van der Waals surface area contributed by atoms with Crippen LogP contribution >= 0.6 is 11.6 Å². The van der Waals surface area contributed by atoms with E-state index in [0.717, 1.165) is 36.8 Å². The molecule has 0 spiro atoms. The van der Waals surface area contributed by atoms with E-state index in [-0.39, 0.29) is 11.8 Å². The Bertz CT molecular complexity index is 917. The molecule has 1 saturated carbocycles. The molecule has 2 heterocycles. The lowest BCUT2D eigenvalue weighted by atomic mass is 9.89. The number of aromatic nitrogens is 4. The molecule has 0 saturated heterocycles. The summed E-state index contributed by atoms with van der Waals surface area (Å²) in [6.07, 6.45) is 8.47. The van der Waals surface area contributed by atoms with Gasteiger partial charge >= 0.3 is 0 Å². The van der Waals surface area contributed by atoms with Crippen molar-refractivity contribution in [1.82, 2.24) is 25.2 Å². The SMILES string of the molecule is O=C(NNc1ncnc2c1cnn2-c1ccc(Cl)cc1)C1CCCCC1. The standard InChI is InChI=1S/C18H19ClN6O/c19-13-6-8-14(9-7-13)25-17-15(10-22-25)16(20-11-21-17)23-24-18(26)12-4-2-1-3-5-12/h6-12H,1-5H2,(H,24,26)(H,20,21,23). The number of anilines is 1. The molecule has 4 rings (SSSR count). The molecule has 0 bridgehead atoms. The number of hydrogen-bond acceptors (Lipinski definition) is 5. The fourth-order valence-corrected chi connectivity index (χ4v) is 3.43. The summed E-state index contributed by atoms with van der Waals surface area (Å²) < 4.78 is 1.71. The molecule has 0 atom stereocenters. The molecule has 0 unspecified atom stereocenters. The molecule has 1 aromatic carbocycles. The highest BCUT2D eigenvalue weighted by atomic mass is 35.5. The number of carbonyl (C=O) groups excluding carboxylic acids is 1. The molecule has 1 aliphatic rings. The highest BCUT2D eigenvalue weighted by molar-refractivity contribution is 6.30. The summed E-state index contributed by atoms with van der Waals surface area (Å²) in [4.78, 5) is 20.9. The van der Waals surface area contributed by atoms with Crippen LogP contribution in [0.2, 0.25) is 5.02 Å². The molecule has 0 aliphatic heterocycles. The Labute approximate surface area is 155 Å². The monoisotopic (exact) mass is 370 g/mol. The van der Waals surface area contributed by atoms with Gasteiger partial charge in [0.1, 0.15) is 6.33 Å². The second-order valence-electron chi connectivity index (χ2n) is 6.44. The summed E-state index contributed by atoms with van der Waals surface area (Å²) in [5.74, 6) is 0.617. The van der Waals surface area contributed by atoms with Crippen LogP contribution < -0.4 is 10.9 Å². The smallest absolute Gasteiger partial charge is 0.241 e. The number of carbonyl (C=O) groups is 1. The summed E-state index contributed by atoms with van der Waals surface area (Å²) in [6, 6.07) is 7.34. The van der Waals surface area contributed by atoms with E-state index in [1.165, 1.54) is 12.7 Å². The maximum Gasteiger partial charge on any atom is 0.241 e. The second-order valence-corrected chi connectivity index (χ2v) is 6.88. The van der Waals surface area contributed by atoms with Gasteiger partial charge in [-0.1, -0.05) is 30.9 Å². The first-order valence-electron chi connectivity index (χ1n) is 8.73. The molecule has 0 radical (unpaired) electrons. The molecule has 1 amide bonds. The lowest BCUT2D eigenvalue weighted by Crippen LogP contribution is -2.36. The predicted octanol–water partition coefficient (Wildman–Crippen LogP) is 3.49. The minimum Gasteiger partial charge on any atom is -0.281 e. The van der Waals surface area contributed by atoms with Crippen molar-refractivity contribution < 1.29 is 4.79 Å². The van der Waals surface area contributed by atoms with Gasteiger partial charge in [-0.2, -0.15) is 5.10 Å². The van der Waals surface area contributed by atoms with Gasteiger partial charge in [-0.15, -0.1) is 0 Å². The van der Waals surface area contributed by atoms with E-state index < -0.39 is 0 Å². The molecule has 2 aromatic heterocycles. The minimum atomic E-state index is 0.0153. The number of nitrogens with one attached hydrogen (secondary N) is 2. The van der Waals surface area contributed by atoms with Gasteiger partial charge < -0.3 is 0 Å². The van der Waals surface area contributed by atoms with Crippen LogP contribution in [0.15, 0.2) is 36.8 Å². The van der Waals surface area contributed by atoms with E-state index >= 15 is 0 Å². The Morgan fingerprint density at radius 2 is 1.88 bits per heavy atom. The summed E-state index contributed by atoms with van der Waals surface area (Å²) in [7, 11) is 0. The number of nitrogens with zero attached hydrogens (tertiary/aromatic N) is 4. The highest BCUT2D eigenvalue weighted by Gasteiger charge is 2.21. The van der Waals surface area contributed by atoms with E-state index in [4.69, 9.17) is 11.6 Å². The maximum absolute atomic E-state index is 12.3. The van der Waals surface area contributed by atoms with E-state index in [2.05, 4.69) is 25.9 Å². The molecule has 134 valence electrons. The van der Waals surface area contributed by atoms with Crippen molar-refractivity contribution >= 4 is 34.4 Å². The third-order valence-electron chi connectivity index (χ3n) is 4.72. The first-order valence-corrected chi connectivity index (χ1v) is 9.11. The Balaban J connectivity index is 1.55. The van der Waals surface area contributed by atoms with Gasteiger partial charge in [0.15, 0.2) is 11.5 Å². The maximum atomic E-state index is 12.3. The van der Waals surface area contributed by atoms with Gasteiger partial charge in [-0.25, -0.2) is 14.6 Å². The minimum absolute atomic E-state index is 0.0153. The van der Waals surface area contributed by atoms with Crippen molar-refractivity contribution in [3.8, 4) is 5.69 Å². The third-order valence-corrected chi connectivity index (χ3v) is 4.97. The number of benzene rings is 1. The van der Waals surface area contributed by atoms with Crippen LogP contribution in [0.4, 0.5) is 5.82 Å². The molecular weight excluding hydrogens is 352 g/mol. The number of fused-ring (bicyclic) bond motifs is 1. The lowest BCUT2D eigenvalue weighted by molar-refractivity contribution is -0.125. The summed E-state index contributed by atoms with van der Waals surface area (Å²) >= 11 is 5.95. The van der Waals surface area contributed by atoms with Crippen molar-refractivity contribution in [1.29, 1.82) is 0 Å². The number of rotatable bonds is 4. The number of amides is 1. The summed E-state index contributed by atoms with van der Waals surface area (Å²) in [5, 5.41) is 5.78. The summed E-state index contributed by atoms with van der Waals surface area (Å²) in [5.41, 5.74) is 7.21. The summed E-state index contributed by atoms with van der Waals surface area (Å²) in [6.45, 7) is 0. The third kappa shape index (κ3) is 3.35. The van der Waals surface area contributed by atoms with Crippen molar-refractivity contribution in [3.63, 3.8) is 0 Å². The topological polar surface area (TPSA) is 84.7 Å². The van der Waals surface area contributed by atoms with Gasteiger partial charge in [0.25, 0.3) is 0 Å².